The molecule has 0 saturated heterocycles. The van der Waals surface area contributed by atoms with Crippen LogP contribution in [0.3, 0.4) is 0 Å². The van der Waals surface area contributed by atoms with Gasteiger partial charge in [-0.1, -0.05) is 18.2 Å². The summed E-state index contributed by atoms with van der Waals surface area (Å²) in [4.78, 5) is 40.2. The summed E-state index contributed by atoms with van der Waals surface area (Å²) in [5, 5.41) is 8.79. The van der Waals surface area contributed by atoms with Crippen LogP contribution in [0.5, 0.6) is 0 Å². The molecular weight excluding hydrogens is 455 g/mol. The van der Waals surface area contributed by atoms with Crippen LogP contribution >= 0.6 is 0 Å². The molecule has 34 heavy (non-hydrogen) atoms. The van der Waals surface area contributed by atoms with Crippen molar-refractivity contribution in [1.82, 2.24) is 20.1 Å². The third-order valence-electron chi connectivity index (χ3n) is 4.51. The van der Waals surface area contributed by atoms with Gasteiger partial charge in [-0.05, 0) is 37.3 Å². The Bertz CT molecular complexity index is 1150. The summed E-state index contributed by atoms with van der Waals surface area (Å²) in [6.45, 7) is 0.862. The number of aromatic nitrogens is 3. The number of esters is 1. The molecule has 2 N–H and O–H groups in total. The number of ether oxygens (including phenoxy) is 1. The zero-order valence-electron chi connectivity index (χ0n) is 17.9. The highest BCUT2D eigenvalue weighted by Crippen LogP contribution is 2.33. The fourth-order valence-electron chi connectivity index (χ4n) is 2.93. The zero-order valence-corrected chi connectivity index (χ0v) is 17.9. The van der Waals surface area contributed by atoms with E-state index in [2.05, 4.69) is 20.7 Å². The van der Waals surface area contributed by atoms with E-state index >= 15 is 0 Å². The first-order chi connectivity index (χ1) is 16.1. The first-order valence-electron chi connectivity index (χ1n) is 10.0. The van der Waals surface area contributed by atoms with Gasteiger partial charge >= 0.3 is 12.1 Å². The van der Waals surface area contributed by atoms with Crippen LogP contribution in [0.2, 0.25) is 0 Å². The lowest BCUT2D eigenvalue weighted by Gasteiger charge is -2.15. The molecule has 9 nitrogen and oxygen atoms in total. The highest BCUT2D eigenvalue weighted by Gasteiger charge is 2.31. The van der Waals surface area contributed by atoms with Gasteiger partial charge in [0, 0.05) is 11.6 Å². The van der Waals surface area contributed by atoms with Crippen LogP contribution < -0.4 is 10.6 Å². The van der Waals surface area contributed by atoms with Gasteiger partial charge in [-0.15, -0.1) is 0 Å². The lowest BCUT2D eigenvalue weighted by atomic mass is 10.1. The summed E-state index contributed by atoms with van der Waals surface area (Å²) >= 11 is 0. The summed E-state index contributed by atoms with van der Waals surface area (Å²) in [5.74, 6) is -1.99. The van der Waals surface area contributed by atoms with Crippen LogP contribution in [0.15, 0.2) is 61.2 Å². The number of rotatable bonds is 8. The maximum atomic E-state index is 13.1. The van der Waals surface area contributed by atoms with E-state index < -0.39 is 36.3 Å². The number of hydrogen-bond donors (Lipinski definition) is 2. The van der Waals surface area contributed by atoms with Crippen LogP contribution in [-0.4, -0.2) is 45.2 Å². The second-order valence-corrected chi connectivity index (χ2v) is 7.22. The molecule has 1 aromatic heterocycles. The van der Waals surface area contributed by atoms with E-state index in [1.54, 1.807) is 37.3 Å². The van der Waals surface area contributed by atoms with Gasteiger partial charge in [0.25, 0.3) is 11.8 Å². The summed E-state index contributed by atoms with van der Waals surface area (Å²) in [7, 11) is 0. The highest BCUT2D eigenvalue weighted by molar-refractivity contribution is 5.95. The number of halogens is 3. The number of anilines is 1. The first-order valence-corrected chi connectivity index (χ1v) is 10.0. The molecule has 1 atom stereocenters. The number of amides is 2. The molecule has 178 valence electrons. The molecule has 3 aromatic rings. The van der Waals surface area contributed by atoms with Crippen LogP contribution in [0.1, 0.15) is 29.3 Å². The molecule has 0 fully saturated rings. The summed E-state index contributed by atoms with van der Waals surface area (Å²) in [5.41, 5.74) is -0.606. The van der Waals surface area contributed by atoms with E-state index in [-0.39, 0.29) is 23.7 Å². The van der Waals surface area contributed by atoms with Gasteiger partial charge in [0.05, 0.1) is 23.4 Å². The van der Waals surface area contributed by atoms with E-state index in [9.17, 15) is 27.6 Å². The highest BCUT2D eigenvalue weighted by atomic mass is 19.4. The third-order valence-corrected chi connectivity index (χ3v) is 4.51. The van der Waals surface area contributed by atoms with Crippen LogP contribution in [0.4, 0.5) is 18.9 Å². The third kappa shape index (κ3) is 6.64. The lowest BCUT2D eigenvalue weighted by molar-refractivity contribution is -0.147. The minimum atomic E-state index is -4.63. The SMILES string of the molecule is CC(CC(=O)OCC(=O)Nc1cc(C(F)(F)F)ccc1-n1cncn1)NC(=O)c1ccccc1. The normalized spacial score (nSPS) is 12.0. The van der Waals surface area contributed by atoms with Gasteiger partial charge in [0.1, 0.15) is 12.7 Å². The Morgan fingerprint density at radius 1 is 1.12 bits per heavy atom. The van der Waals surface area contributed by atoms with Crippen molar-refractivity contribution in [2.75, 3.05) is 11.9 Å². The molecule has 1 unspecified atom stereocenters. The van der Waals surface area contributed by atoms with Crippen molar-refractivity contribution < 1.29 is 32.3 Å². The molecule has 0 aliphatic carbocycles. The topological polar surface area (TPSA) is 115 Å². The van der Waals surface area contributed by atoms with Crippen molar-refractivity contribution in [3.05, 3.63) is 72.3 Å². The van der Waals surface area contributed by atoms with E-state index in [1.807, 2.05) is 0 Å². The minimum Gasteiger partial charge on any atom is -0.455 e. The standard InChI is InChI=1S/C22H20F3N5O4/c1-14(28-21(33)15-5-3-2-4-6-15)9-20(32)34-11-19(31)29-17-10-16(22(23,24)25)7-8-18(17)30-13-26-12-27-30/h2-8,10,12-14H,9,11H2,1H3,(H,28,33)(H,29,31). The fraction of sp³-hybridized carbons (Fsp3) is 0.227. The Balaban J connectivity index is 1.57. The number of carbonyl (C=O) groups is 3. The van der Waals surface area contributed by atoms with Gasteiger partial charge in [0.15, 0.2) is 6.61 Å². The molecule has 2 aromatic carbocycles. The number of nitrogens with one attached hydrogen (secondary N) is 2. The average Bonchev–Trinajstić information content (AvgIpc) is 3.32. The lowest BCUT2D eigenvalue weighted by Crippen LogP contribution is -2.35. The molecule has 0 spiro atoms. The van der Waals surface area contributed by atoms with Crippen molar-refractivity contribution in [2.45, 2.75) is 25.6 Å². The molecule has 1 heterocycles. The van der Waals surface area contributed by atoms with Crippen LogP contribution in [0, 0.1) is 0 Å². The Morgan fingerprint density at radius 2 is 1.85 bits per heavy atom. The maximum absolute atomic E-state index is 13.1. The molecule has 3 rings (SSSR count). The maximum Gasteiger partial charge on any atom is 0.416 e. The van der Waals surface area contributed by atoms with Crippen molar-refractivity contribution in [1.29, 1.82) is 0 Å². The largest absolute Gasteiger partial charge is 0.455 e. The molecule has 0 bridgehead atoms. The summed E-state index contributed by atoms with van der Waals surface area (Å²) in [6.07, 6.45) is -2.40. The fourth-order valence-corrected chi connectivity index (χ4v) is 2.93. The predicted octanol–water partition coefficient (Wildman–Crippen LogP) is 2.98. The molecule has 0 aliphatic rings. The Morgan fingerprint density at radius 3 is 2.50 bits per heavy atom. The van der Waals surface area contributed by atoms with Crippen LogP contribution in [-0.2, 0) is 20.5 Å². The monoisotopic (exact) mass is 475 g/mol. The average molecular weight is 475 g/mol. The smallest absolute Gasteiger partial charge is 0.416 e. The van der Waals surface area contributed by atoms with Crippen molar-refractivity contribution in [3.63, 3.8) is 0 Å². The Hall–Kier alpha value is -4.22. The van der Waals surface area contributed by atoms with Crippen LogP contribution in [0.25, 0.3) is 5.69 Å². The van der Waals surface area contributed by atoms with Gasteiger partial charge in [-0.2, -0.15) is 18.3 Å². The molecular formula is C22H20F3N5O4. The summed E-state index contributed by atoms with van der Waals surface area (Å²) < 4.78 is 45.4. The predicted molar refractivity (Wildman–Crippen MR) is 114 cm³/mol. The first kappa shape index (κ1) is 24.4. The quantitative estimate of drug-likeness (QED) is 0.484. The van der Waals surface area contributed by atoms with Crippen molar-refractivity contribution in [3.8, 4) is 5.69 Å². The van der Waals surface area contributed by atoms with Gasteiger partial charge in [-0.3, -0.25) is 14.4 Å². The molecule has 0 aliphatic heterocycles. The number of alkyl halides is 3. The van der Waals surface area contributed by atoms with Crippen molar-refractivity contribution >= 4 is 23.5 Å². The molecule has 0 radical (unpaired) electrons. The van der Waals surface area contributed by atoms with Gasteiger partial charge in [0.2, 0.25) is 0 Å². The zero-order chi connectivity index (χ0) is 24.7. The van der Waals surface area contributed by atoms with Crippen molar-refractivity contribution in [2.24, 2.45) is 0 Å². The molecule has 2 amide bonds. The van der Waals surface area contributed by atoms with E-state index in [0.717, 1.165) is 18.2 Å². The van der Waals surface area contributed by atoms with E-state index in [0.29, 0.717) is 5.56 Å². The number of nitrogens with zero attached hydrogens (tertiary/aromatic N) is 3. The summed E-state index contributed by atoms with van der Waals surface area (Å²) in [6, 6.07) is 10.5. The van der Waals surface area contributed by atoms with E-state index in [4.69, 9.17) is 4.74 Å². The van der Waals surface area contributed by atoms with E-state index in [1.165, 1.54) is 17.3 Å². The number of carbonyl (C=O) groups excluding carboxylic acids is 3. The van der Waals surface area contributed by atoms with Gasteiger partial charge in [-0.25, -0.2) is 9.67 Å². The number of benzene rings is 2. The molecule has 0 saturated carbocycles. The minimum absolute atomic E-state index is 0.141. The van der Waals surface area contributed by atoms with Gasteiger partial charge < -0.3 is 15.4 Å². The Labute approximate surface area is 191 Å². The second-order valence-electron chi connectivity index (χ2n) is 7.22. The Kier molecular flexibility index (Phi) is 7.61. The molecule has 12 heteroatoms. The second kappa shape index (κ2) is 10.6. The number of hydrogen-bond acceptors (Lipinski definition) is 6.